The lowest BCUT2D eigenvalue weighted by Gasteiger charge is -2.39. The van der Waals surface area contributed by atoms with E-state index in [1.54, 1.807) is 6.92 Å². The van der Waals surface area contributed by atoms with Gasteiger partial charge in [-0.05, 0) is 66.3 Å². The van der Waals surface area contributed by atoms with Crippen molar-refractivity contribution in [3.05, 3.63) is 82.4 Å². The highest BCUT2D eigenvalue weighted by Crippen LogP contribution is 2.38. The molecule has 2 aliphatic rings. The minimum atomic E-state index is -1.36. The maximum Gasteiger partial charge on any atom is 0.306 e. The van der Waals surface area contributed by atoms with Crippen LogP contribution < -0.4 is 0 Å². The van der Waals surface area contributed by atoms with Crippen LogP contribution >= 0.6 is 0 Å². The number of carbonyl (C=O) groups is 1. The first-order valence-electron chi connectivity index (χ1n) is 12.1. The summed E-state index contributed by atoms with van der Waals surface area (Å²) >= 11 is 0. The highest BCUT2D eigenvalue weighted by atomic mass is 19.2. The molecule has 1 aromatic heterocycles. The van der Waals surface area contributed by atoms with Crippen molar-refractivity contribution in [2.24, 2.45) is 5.92 Å². The van der Waals surface area contributed by atoms with Crippen molar-refractivity contribution in [1.82, 2.24) is 15.0 Å². The Bertz CT molecular complexity index is 1600. The Morgan fingerprint density at radius 2 is 1.71 bits per heavy atom. The minimum absolute atomic E-state index is 0.00574. The Labute approximate surface area is 214 Å². The summed E-state index contributed by atoms with van der Waals surface area (Å²) in [4.78, 5) is 17.7. The molecule has 1 aliphatic heterocycles. The lowest BCUT2D eigenvalue weighted by Crippen LogP contribution is -2.44. The summed E-state index contributed by atoms with van der Waals surface area (Å²) in [5.74, 6) is -5.26. The van der Waals surface area contributed by atoms with E-state index in [1.165, 1.54) is 6.07 Å². The molecule has 0 spiro atoms. The molecule has 1 aliphatic carbocycles. The number of aryl methyl sites for hydroxylation is 1. The van der Waals surface area contributed by atoms with E-state index in [0.717, 1.165) is 29.8 Å². The molecule has 0 amide bonds. The summed E-state index contributed by atoms with van der Waals surface area (Å²) in [6, 6.07) is 9.62. The van der Waals surface area contributed by atoms with Crippen LogP contribution in [0.5, 0.6) is 0 Å². The monoisotopic (exact) mass is 523 g/mol. The van der Waals surface area contributed by atoms with Crippen molar-refractivity contribution in [3.8, 4) is 34.0 Å². The molecule has 0 saturated heterocycles. The van der Waals surface area contributed by atoms with Gasteiger partial charge in [-0.1, -0.05) is 17.3 Å². The SMILES string of the molecule is Cc1cc(-c2nc(-c3ccc4c(c3)CN(C3CC(C(=O)O)C3)C4)no2)c(F)cc1-c1cc(F)cc(F)c1F. The maximum atomic E-state index is 15.1. The second kappa shape index (κ2) is 9.05. The zero-order valence-electron chi connectivity index (χ0n) is 20.1. The summed E-state index contributed by atoms with van der Waals surface area (Å²) in [6.45, 7) is 3.00. The fraction of sp³-hybridized carbons (Fsp3) is 0.250. The smallest absolute Gasteiger partial charge is 0.306 e. The number of halogens is 4. The van der Waals surface area contributed by atoms with Gasteiger partial charge in [0.05, 0.1) is 11.5 Å². The molecule has 4 aromatic rings. The van der Waals surface area contributed by atoms with Crippen LogP contribution in [0, 0.1) is 36.1 Å². The van der Waals surface area contributed by atoms with E-state index in [1.807, 2.05) is 18.2 Å². The van der Waals surface area contributed by atoms with Gasteiger partial charge in [0.15, 0.2) is 11.6 Å². The summed E-state index contributed by atoms with van der Waals surface area (Å²) in [5.41, 5.74) is 2.88. The van der Waals surface area contributed by atoms with Gasteiger partial charge in [0, 0.05) is 36.3 Å². The fourth-order valence-electron chi connectivity index (χ4n) is 5.24. The zero-order valence-corrected chi connectivity index (χ0v) is 20.1. The summed E-state index contributed by atoms with van der Waals surface area (Å²) in [5, 5.41) is 13.1. The number of rotatable bonds is 5. The quantitative estimate of drug-likeness (QED) is 0.251. The van der Waals surface area contributed by atoms with Gasteiger partial charge in [0.1, 0.15) is 11.6 Å². The van der Waals surface area contributed by atoms with Crippen molar-refractivity contribution >= 4 is 5.97 Å². The first-order valence-corrected chi connectivity index (χ1v) is 12.1. The zero-order chi connectivity index (χ0) is 26.7. The van der Waals surface area contributed by atoms with E-state index >= 15 is 4.39 Å². The average Bonchev–Trinajstić information content (AvgIpc) is 3.48. The van der Waals surface area contributed by atoms with E-state index < -0.39 is 29.2 Å². The molecule has 1 saturated carbocycles. The first-order chi connectivity index (χ1) is 18.2. The molecule has 2 heterocycles. The molecule has 6 rings (SSSR count). The van der Waals surface area contributed by atoms with Gasteiger partial charge in [-0.25, -0.2) is 17.6 Å². The van der Waals surface area contributed by atoms with Gasteiger partial charge in [-0.2, -0.15) is 4.98 Å². The second-order valence-corrected chi connectivity index (χ2v) is 9.87. The van der Waals surface area contributed by atoms with Crippen LogP contribution in [-0.4, -0.2) is 32.2 Å². The number of aromatic nitrogens is 2. The van der Waals surface area contributed by atoms with Crippen molar-refractivity contribution < 1.29 is 32.0 Å². The molecule has 0 bridgehead atoms. The number of fused-ring (bicyclic) bond motifs is 1. The Kier molecular flexibility index (Phi) is 5.79. The average molecular weight is 523 g/mol. The topological polar surface area (TPSA) is 79.5 Å². The van der Waals surface area contributed by atoms with Crippen molar-refractivity contribution in [2.75, 3.05) is 0 Å². The van der Waals surface area contributed by atoms with Gasteiger partial charge in [-0.3, -0.25) is 9.69 Å². The molecule has 6 nitrogen and oxygen atoms in total. The van der Waals surface area contributed by atoms with Gasteiger partial charge in [-0.15, -0.1) is 0 Å². The standard InChI is InChI=1S/C28H21F4N3O3/c1-13-4-22(23(30)10-20(13)21-8-18(29)9-24(31)25(21)32)27-33-26(34-38-27)14-2-3-15-11-35(12-17(15)5-14)19-6-16(7-19)28(36)37/h2-5,8-10,16,19H,6-7,11-12H2,1H3,(H,36,37). The number of nitrogens with zero attached hydrogens (tertiary/aromatic N) is 3. The van der Waals surface area contributed by atoms with E-state index in [4.69, 9.17) is 9.63 Å². The van der Waals surface area contributed by atoms with E-state index in [-0.39, 0.29) is 40.4 Å². The van der Waals surface area contributed by atoms with Crippen molar-refractivity contribution in [1.29, 1.82) is 0 Å². The van der Waals surface area contributed by atoms with Crippen LogP contribution in [0.4, 0.5) is 17.6 Å². The molecule has 0 radical (unpaired) electrons. The highest BCUT2D eigenvalue weighted by molar-refractivity contribution is 5.73. The molecular weight excluding hydrogens is 502 g/mol. The third-order valence-electron chi connectivity index (χ3n) is 7.44. The molecule has 0 unspecified atom stereocenters. The van der Waals surface area contributed by atoms with Crippen molar-refractivity contribution in [2.45, 2.75) is 38.9 Å². The predicted molar refractivity (Wildman–Crippen MR) is 129 cm³/mol. The van der Waals surface area contributed by atoms with Crippen LogP contribution in [0.3, 0.4) is 0 Å². The van der Waals surface area contributed by atoms with Crippen LogP contribution in [0.1, 0.15) is 29.5 Å². The molecular formula is C28H21F4N3O3. The molecule has 38 heavy (non-hydrogen) atoms. The lowest BCUT2D eigenvalue weighted by atomic mass is 9.79. The summed E-state index contributed by atoms with van der Waals surface area (Å²) in [7, 11) is 0. The Hall–Kier alpha value is -4.05. The number of hydrogen-bond acceptors (Lipinski definition) is 5. The number of aliphatic carboxylic acids is 1. The fourth-order valence-corrected chi connectivity index (χ4v) is 5.24. The van der Waals surface area contributed by atoms with Crippen LogP contribution in [-0.2, 0) is 17.9 Å². The van der Waals surface area contributed by atoms with Crippen LogP contribution in [0.2, 0.25) is 0 Å². The predicted octanol–water partition coefficient (Wildman–Crippen LogP) is 6.11. The molecule has 10 heteroatoms. The van der Waals surface area contributed by atoms with E-state index in [2.05, 4.69) is 15.0 Å². The normalized spacial score (nSPS) is 18.9. The highest BCUT2D eigenvalue weighted by Gasteiger charge is 2.39. The number of benzene rings is 3. The number of hydrogen-bond donors (Lipinski definition) is 1. The Morgan fingerprint density at radius 3 is 2.47 bits per heavy atom. The minimum Gasteiger partial charge on any atom is -0.481 e. The van der Waals surface area contributed by atoms with Crippen LogP contribution in [0.25, 0.3) is 34.0 Å². The summed E-state index contributed by atoms with van der Waals surface area (Å²) < 4.78 is 62.1. The number of carboxylic acid groups (broad SMARTS) is 1. The van der Waals surface area contributed by atoms with Gasteiger partial charge >= 0.3 is 5.97 Å². The second-order valence-electron chi connectivity index (χ2n) is 9.87. The van der Waals surface area contributed by atoms with E-state index in [9.17, 15) is 18.0 Å². The van der Waals surface area contributed by atoms with Gasteiger partial charge < -0.3 is 9.63 Å². The molecule has 3 aromatic carbocycles. The first kappa shape index (κ1) is 24.3. The van der Waals surface area contributed by atoms with Gasteiger partial charge in [0.25, 0.3) is 5.89 Å². The third-order valence-corrected chi connectivity index (χ3v) is 7.44. The summed E-state index contributed by atoms with van der Waals surface area (Å²) in [6.07, 6.45) is 1.30. The van der Waals surface area contributed by atoms with Gasteiger partial charge in [0.2, 0.25) is 5.82 Å². The Balaban J connectivity index is 1.24. The number of carboxylic acids is 1. The lowest BCUT2D eigenvalue weighted by molar-refractivity contribution is -0.147. The molecule has 194 valence electrons. The van der Waals surface area contributed by atoms with E-state index in [0.29, 0.717) is 36.6 Å². The Morgan fingerprint density at radius 1 is 0.947 bits per heavy atom. The molecule has 0 atom stereocenters. The largest absolute Gasteiger partial charge is 0.481 e. The molecule has 1 N–H and O–H groups in total. The third kappa shape index (κ3) is 4.14. The van der Waals surface area contributed by atoms with Crippen molar-refractivity contribution in [3.63, 3.8) is 0 Å². The molecule has 1 fully saturated rings. The maximum absolute atomic E-state index is 15.1. The van der Waals surface area contributed by atoms with Crippen LogP contribution in [0.15, 0.2) is 47.0 Å².